The average Bonchev–Trinajstić information content (AvgIpc) is 2.91. The number of hydrogen-bond donors (Lipinski definition) is 1. The molecular formula is C29H37N5O2. The predicted octanol–water partition coefficient (Wildman–Crippen LogP) is 3.49. The van der Waals surface area contributed by atoms with Crippen molar-refractivity contribution < 1.29 is 9.59 Å². The molecule has 36 heavy (non-hydrogen) atoms. The topological polar surface area (TPSA) is 68.8 Å². The highest BCUT2D eigenvalue weighted by molar-refractivity contribution is 5.98. The van der Waals surface area contributed by atoms with Crippen LogP contribution >= 0.6 is 0 Å². The van der Waals surface area contributed by atoms with Gasteiger partial charge in [-0.05, 0) is 74.1 Å². The Bertz CT molecular complexity index is 1120. The van der Waals surface area contributed by atoms with Crippen molar-refractivity contribution in [3.8, 4) is 0 Å². The number of carbonyl (C=O) groups is 2. The molecule has 7 nitrogen and oxygen atoms in total. The fourth-order valence-corrected chi connectivity index (χ4v) is 7.02. The van der Waals surface area contributed by atoms with Crippen molar-refractivity contribution in [2.24, 2.45) is 11.8 Å². The highest BCUT2D eigenvalue weighted by Crippen LogP contribution is 2.39. The summed E-state index contributed by atoms with van der Waals surface area (Å²) in [6.45, 7) is 5.26. The van der Waals surface area contributed by atoms with Crippen molar-refractivity contribution in [2.45, 2.75) is 51.0 Å². The molecule has 4 aliphatic rings. The maximum Gasteiger partial charge on any atom is 0.255 e. The van der Waals surface area contributed by atoms with E-state index in [-0.39, 0.29) is 5.91 Å². The molecule has 3 fully saturated rings. The molecule has 6 rings (SSSR count). The zero-order valence-corrected chi connectivity index (χ0v) is 21.1. The number of nitrogens with one attached hydrogen (secondary N) is 1. The summed E-state index contributed by atoms with van der Waals surface area (Å²) in [7, 11) is 0. The molecule has 190 valence electrons. The molecule has 1 aromatic carbocycles. The van der Waals surface area contributed by atoms with E-state index in [0.29, 0.717) is 42.3 Å². The number of aromatic nitrogens is 1. The molecule has 2 amide bonds. The van der Waals surface area contributed by atoms with Crippen LogP contribution in [0.4, 0.5) is 11.5 Å². The van der Waals surface area contributed by atoms with Crippen LogP contribution in [-0.4, -0.2) is 67.0 Å². The lowest BCUT2D eigenvalue weighted by molar-refractivity contribution is -0.142. The molecule has 0 saturated carbocycles. The summed E-state index contributed by atoms with van der Waals surface area (Å²) in [5, 5.41) is 3.16. The summed E-state index contributed by atoms with van der Waals surface area (Å²) in [6.07, 6.45) is 9.03. The zero-order chi connectivity index (χ0) is 24.5. The Hall–Kier alpha value is -3.09. The number of aryl methyl sites for hydroxylation is 1. The molecule has 7 heteroatoms. The van der Waals surface area contributed by atoms with Crippen molar-refractivity contribution in [1.82, 2.24) is 15.2 Å². The Morgan fingerprint density at radius 2 is 1.97 bits per heavy atom. The molecule has 0 spiro atoms. The van der Waals surface area contributed by atoms with Gasteiger partial charge in [-0.1, -0.05) is 18.2 Å². The summed E-state index contributed by atoms with van der Waals surface area (Å²) < 4.78 is 0. The average molecular weight is 488 g/mol. The van der Waals surface area contributed by atoms with E-state index in [9.17, 15) is 9.59 Å². The molecule has 2 unspecified atom stereocenters. The van der Waals surface area contributed by atoms with Gasteiger partial charge in [0.05, 0.1) is 5.56 Å². The van der Waals surface area contributed by atoms with Gasteiger partial charge in [0.2, 0.25) is 5.91 Å². The molecule has 2 aromatic rings. The van der Waals surface area contributed by atoms with Gasteiger partial charge < -0.3 is 20.0 Å². The van der Waals surface area contributed by atoms with E-state index in [0.717, 1.165) is 64.2 Å². The fraction of sp³-hybridized carbons (Fsp3) is 0.552. The molecule has 1 aromatic heterocycles. The number of anilines is 2. The minimum atomic E-state index is -0.0395. The quantitative estimate of drug-likeness (QED) is 0.632. The lowest BCUT2D eigenvalue weighted by Gasteiger charge is -2.52. The Labute approximate surface area is 213 Å². The third-order valence-corrected chi connectivity index (χ3v) is 8.61. The number of fused-ring (bicyclic) bond motifs is 5. The van der Waals surface area contributed by atoms with Crippen LogP contribution < -0.4 is 15.1 Å². The van der Waals surface area contributed by atoms with Crippen LogP contribution in [0.5, 0.6) is 0 Å². The largest absolute Gasteiger partial charge is 0.371 e. The number of nitrogens with zero attached hydrogens (tertiary/aromatic N) is 4. The van der Waals surface area contributed by atoms with Crippen LogP contribution in [0, 0.1) is 11.8 Å². The summed E-state index contributed by atoms with van der Waals surface area (Å²) in [6, 6.07) is 12.8. The van der Waals surface area contributed by atoms with Crippen molar-refractivity contribution in [3.63, 3.8) is 0 Å². The first kappa shape index (κ1) is 23.3. The normalized spacial score (nSPS) is 25.3. The monoisotopic (exact) mass is 487 g/mol. The van der Waals surface area contributed by atoms with Gasteiger partial charge in [0, 0.05) is 63.6 Å². The second kappa shape index (κ2) is 10.1. The molecule has 0 aliphatic carbocycles. The van der Waals surface area contributed by atoms with Crippen LogP contribution in [0.15, 0.2) is 42.6 Å². The van der Waals surface area contributed by atoms with E-state index in [1.54, 1.807) is 6.20 Å². The van der Waals surface area contributed by atoms with Gasteiger partial charge in [-0.2, -0.15) is 0 Å². The highest BCUT2D eigenvalue weighted by atomic mass is 16.2. The van der Waals surface area contributed by atoms with E-state index < -0.39 is 0 Å². The Kier molecular flexibility index (Phi) is 6.55. The lowest BCUT2D eigenvalue weighted by Crippen LogP contribution is -2.60. The lowest BCUT2D eigenvalue weighted by atomic mass is 9.76. The number of para-hydroxylation sites is 1. The number of pyridine rings is 1. The second-order valence-corrected chi connectivity index (χ2v) is 11.0. The summed E-state index contributed by atoms with van der Waals surface area (Å²) >= 11 is 0. The van der Waals surface area contributed by atoms with Crippen molar-refractivity contribution in [2.75, 3.05) is 49.1 Å². The van der Waals surface area contributed by atoms with E-state index >= 15 is 0 Å². The van der Waals surface area contributed by atoms with Gasteiger partial charge >= 0.3 is 0 Å². The van der Waals surface area contributed by atoms with Crippen LogP contribution in [0.2, 0.25) is 0 Å². The Morgan fingerprint density at radius 3 is 2.92 bits per heavy atom. The first-order chi connectivity index (χ1) is 17.7. The minimum absolute atomic E-state index is 0.0395. The van der Waals surface area contributed by atoms with Gasteiger partial charge in [-0.3, -0.25) is 9.59 Å². The molecular weight excluding hydrogens is 450 g/mol. The summed E-state index contributed by atoms with van der Waals surface area (Å²) in [5.41, 5.74) is 3.44. The first-order valence-corrected chi connectivity index (χ1v) is 13.8. The number of rotatable bonds is 6. The fourth-order valence-electron chi connectivity index (χ4n) is 7.02. The van der Waals surface area contributed by atoms with E-state index in [2.05, 4.69) is 49.3 Å². The SMILES string of the molecule is O=C(NCCCN1CCCc2ccccc21)c1cccnc1N1CC2CC(C1)[C@H]1CCCC(=O)N1C2. The van der Waals surface area contributed by atoms with Gasteiger partial charge in [-0.25, -0.2) is 4.98 Å². The number of amides is 2. The van der Waals surface area contributed by atoms with Crippen LogP contribution in [0.1, 0.15) is 54.4 Å². The van der Waals surface area contributed by atoms with Gasteiger partial charge in [0.15, 0.2) is 0 Å². The van der Waals surface area contributed by atoms with E-state index in [4.69, 9.17) is 0 Å². The van der Waals surface area contributed by atoms with E-state index in [1.165, 1.54) is 24.1 Å². The second-order valence-electron chi connectivity index (χ2n) is 11.0. The van der Waals surface area contributed by atoms with Crippen molar-refractivity contribution in [3.05, 3.63) is 53.7 Å². The molecule has 2 bridgehead atoms. The number of carbonyl (C=O) groups excluding carboxylic acids is 2. The van der Waals surface area contributed by atoms with Gasteiger partial charge in [0.25, 0.3) is 5.91 Å². The minimum Gasteiger partial charge on any atom is -0.371 e. The van der Waals surface area contributed by atoms with Crippen LogP contribution in [-0.2, 0) is 11.2 Å². The maximum absolute atomic E-state index is 13.2. The van der Waals surface area contributed by atoms with E-state index in [1.807, 2.05) is 12.1 Å². The van der Waals surface area contributed by atoms with Crippen molar-refractivity contribution in [1.29, 1.82) is 0 Å². The smallest absolute Gasteiger partial charge is 0.255 e. The number of benzene rings is 1. The molecule has 1 N–H and O–H groups in total. The van der Waals surface area contributed by atoms with Crippen LogP contribution in [0.25, 0.3) is 0 Å². The molecule has 3 saturated heterocycles. The number of hydrogen-bond acceptors (Lipinski definition) is 5. The third kappa shape index (κ3) is 4.56. The third-order valence-electron chi connectivity index (χ3n) is 8.61. The Morgan fingerprint density at radius 1 is 1.06 bits per heavy atom. The zero-order valence-electron chi connectivity index (χ0n) is 21.1. The molecule has 0 radical (unpaired) electrons. The predicted molar refractivity (Wildman–Crippen MR) is 141 cm³/mol. The summed E-state index contributed by atoms with van der Waals surface area (Å²) in [4.78, 5) is 37.3. The molecule has 3 atom stereocenters. The number of piperidine rings is 3. The standard InChI is InChI=1S/C29H37N5O2/c35-27-12-3-11-26-23-17-21(19-34(26)27)18-33(20-23)28-24(9-4-13-30-28)29(36)31-14-6-16-32-15-5-8-22-7-1-2-10-25(22)32/h1-2,4,7,9-10,13,21,23,26H,3,5-6,8,11-12,14-20H2,(H,31,36)/t21?,23?,26-/m1/s1. The highest BCUT2D eigenvalue weighted by Gasteiger charge is 2.44. The van der Waals surface area contributed by atoms with Crippen molar-refractivity contribution >= 4 is 23.3 Å². The van der Waals surface area contributed by atoms with Crippen LogP contribution in [0.3, 0.4) is 0 Å². The first-order valence-electron chi connectivity index (χ1n) is 13.8. The summed E-state index contributed by atoms with van der Waals surface area (Å²) in [5.74, 6) is 2.01. The molecule has 4 aliphatic heterocycles. The van der Waals surface area contributed by atoms with Gasteiger partial charge in [-0.15, -0.1) is 0 Å². The Balaban J connectivity index is 1.08. The van der Waals surface area contributed by atoms with Gasteiger partial charge in [0.1, 0.15) is 5.82 Å². The maximum atomic E-state index is 13.2. The molecule has 5 heterocycles.